The fourth-order valence-corrected chi connectivity index (χ4v) is 3.15. The third-order valence-corrected chi connectivity index (χ3v) is 4.83. The minimum absolute atomic E-state index is 0.121. The highest BCUT2D eigenvalue weighted by Crippen LogP contribution is 2.32. The second kappa shape index (κ2) is 8.94. The summed E-state index contributed by atoms with van der Waals surface area (Å²) in [4.78, 5) is 12.6. The highest BCUT2D eigenvalue weighted by molar-refractivity contribution is 5.81. The molecule has 0 heterocycles. The summed E-state index contributed by atoms with van der Waals surface area (Å²) in [5.74, 6) is 1.83. The van der Waals surface area contributed by atoms with Gasteiger partial charge in [-0.05, 0) is 74.1 Å². The third kappa shape index (κ3) is 5.03. The van der Waals surface area contributed by atoms with E-state index in [4.69, 9.17) is 9.47 Å². The van der Waals surface area contributed by atoms with E-state index in [-0.39, 0.29) is 11.9 Å². The summed E-state index contributed by atoms with van der Waals surface area (Å²) in [6.45, 7) is 12.1. The lowest BCUT2D eigenvalue weighted by Gasteiger charge is -2.23. The van der Waals surface area contributed by atoms with E-state index >= 15 is 0 Å². The van der Waals surface area contributed by atoms with Crippen molar-refractivity contribution in [2.75, 3.05) is 7.11 Å². The second-order valence-corrected chi connectivity index (χ2v) is 7.36. The molecule has 2 rings (SSSR count). The Labute approximate surface area is 162 Å². The lowest BCUT2D eigenvalue weighted by Crippen LogP contribution is -2.38. The van der Waals surface area contributed by atoms with Crippen LogP contribution in [0.1, 0.15) is 61.9 Å². The van der Waals surface area contributed by atoms with E-state index in [1.165, 1.54) is 0 Å². The SMILES string of the molecule is COc1cc(C)c([C@H](C)NC(=O)[C@@H](C)Oc2ccccc2C)cc1C(C)C. The lowest BCUT2D eigenvalue weighted by molar-refractivity contribution is -0.127. The van der Waals surface area contributed by atoms with Gasteiger partial charge >= 0.3 is 0 Å². The van der Waals surface area contributed by atoms with Gasteiger partial charge in [0.15, 0.2) is 6.10 Å². The Hall–Kier alpha value is -2.49. The number of carbonyl (C=O) groups is 1. The molecule has 0 aliphatic carbocycles. The molecular weight excluding hydrogens is 338 g/mol. The number of hydrogen-bond donors (Lipinski definition) is 1. The average molecular weight is 370 g/mol. The van der Waals surface area contributed by atoms with Gasteiger partial charge in [0.1, 0.15) is 11.5 Å². The molecule has 0 fully saturated rings. The van der Waals surface area contributed by atoms with Gasteiger partial charge in [-0.15, -0.1) is 0 Å². The number of rotatable bonds is 7. The largest absolute Gasteiger partial charge is 0.496 e. The van der Waals surface area contributed by atoms with E-state index in [9.17, 15) is 4.79 Å². The van der Waals surface area contributed by atoms with Gasteiger partial charge in [-0.3, -0.25) is 4.79 Å². The van der Waals surface area contributed by atoms with Crippen molar-refractivity contribution < 1.29 is 14.3 Å². The number of benzene rings is 2. The molecule has 0 aromatic heterocycles. The van der Waals surface area contributed by atoms with Crippen LogP contribution in [0.3, 0.4) is 0 Å². The predicted octanol–water partition coefficient (Wildman–Crippen LogP) is 5.08. The van der Waals surface area contributed by atoms with Crippen LogP contribution in [0.15, 0.2) is 36.4 Å². The van der Waals surface area contributed by atoms with Gasteiger partial charge in [0, 0.05) is 0 Å². The van der Waals surface area contributed by atoms with Crippen LogP contribution in [-0.4, -0.2) is 19.1 Å². The Kier molecular flexibility index (Phi) is 6.89. The fraction of sp³-hybridized carbons (Fsp3) is 0.435. The molecule has 1 amide bonds. The maximum absolute atomic E-state index is 12.6. The number of hydrogen-bond acceptors (Lipinski definition) is 3. The topological polar surface area (TPSA) is 47.6 Å². The van der Waals surface area contributed by atoms with Crippen LogP contribution in [0, 0.1) is 13.8 Å². The van der Waals surface area contributed by atoms with Crippen LogP contribution < -0.4 is 14.8 Å². The molecule has 4 heteroatoms. The van der Waals surface area contributed by atoms with Gasteiger partial charge in [0.2, 0.25) is 0 Å². The van der Waals surface area contributed by atoms with Gasteiger partial charge in [-0.1, -0.05) is 32.0 Å². The maximum atomic E-state index is 12.6. The van der Waals surface area contributed by atoms with Gasteiger partial charge < -0.3 is 14.8 Å². The molecule has 2 aromatic rings. The van der Waals surface area contributed by atoms with Gasteiger partial charge in [-0.2, -0.15) is 0 Å². The van der Waals surface area contributed by atoms with Gasteiger partial charge in [-0.25, -0.2) is 0 Å². The number of methoxy groups -OCH3 is 1. The molecule has 1 N–H and O–H groups in total. The third-order valence-electron chi connectivity index (χ3n) is 4.83. The van der Waals surface area contributed by atoms with Crippen molar-refractivity contribution in [2.45, 2.75) is 59.6 Å². The van der Waals surface area contributed by atoms with Crippen molar-refractivity contribution in [3.63, 3.8) is 0 Å². The first-order valence-corrected chi connectivity index (χ1v) is 9.45. The summed E-state index contributed by atoms with van der Waals surface area (Å²) in [5, 5.41) is 3.08. The molecule has 2 atom stereocenters. The molecule has 0 aliphatic heterocycles. The molecule has 0 saturated heterocycles. The number of aryl methyl sites for hydroxylation is 2. The Bertz CT molecular complexity index is 798. The smallest absolute Gasteiger partial charge is 0.261 e. The molecule has 4 nitrogen and oxygen atoms in total. The summed E-state index contributed by atoms with van der Waals surface area (Å²) in [6, 6.07) is 11.8. The Morgan fingerprint density at radius 1 is 0.926 bits per heavy atom. The Balaban J connectivity index is 2.14. The first-order chi connectivity index (χ1) is 12.7. The normalized spacial score (nSPS) is 13.2. The minimum Gasteiger partial charge on any atom is -0.496 e. The standard InChI is InChI=1S/C23H31NO3/c1-14(2)19-13-20(16(4)12-22(19)26-7)17(5)24-23(25)18(6)27-21-11-9-8-10-15(21)3/h8-14,17-18H,1-7H3,(H,24,25)/t17-,18+/m0/s1. The van der Waals surface area contributed by atoms with Crippen molar-refractivity contribution in [3.8, 4) is 11.5 Å². The van der Waals surface area contributed by atoms with E-state index in [1.807, 2.05) is 51.1 Å². The van der Waals surface area contributed by atoms with Crippen LogP contribution >= 0.6 is 0 Å². The van der Waals surface area contributed by atoms with Gasteiger partial charge in [0.05, 0.1) is 13.2 Å². The van der Waals surface area contributed by atoms with Crippen LogP contribution in [0.2, 0.25) is 0 Å². The zero-order chi connectivity index (χ0) is 20.1. The molecule has 0 unspecified atom stereocenters. The summed E-state index contributed by atoms with van der Waals surface area (Å²) in [5.41, 5.74) is 4.34. The lowest BCUT2D eigenvalue weighted by atomic mass is 9.93. The minimum atomic E-state index is -0.573. The van der Waals surface area contributed by atoms with Crippen LogP contribution in [0.5, 0.6) is 11.5 Å². The Morgan fingerprint density at radius 2 is 1.59 bits per heavy atom. The first kappa shape index (κ1) is 20.8. The number of ether oxygens (including phenoxy) is 2. The average Bonchev–Trinajstić information content (AvgIpc) is 2.62. The predicted molar refractivity (Wildman–Crippen MR) is 110 cm³/mol. The molecule has 0 spiro atoms. The molecule has 27 heavy (non-hydrogen) atoms. The molecular formula is C23H31NO3. The van der Waals surface area contributed by atoms with E-state index in [1.54, 1.807) is 14.0 Å². The van der Waals surface area contributed by atoms with Crippen molar-refractivity contribution in [1.29, 1.82) is 0 Å². The van der Waals surface area contributed by atoms with Crippen molar-refractivity contribution in [1.82, 2.24) is 5.32 Å². The van der Waals surface area contributed by atoms with Crippen molar-refractivity contribution in [3.05, 3.63) is 58.7 Å². The van der Waals surface area contributed by atoms with Gasteiger partial charge in [0.25, 0.3) is 5.91 Å². The number of carbonyl (C=O) groups excluding carboxylic acids is 1. The van der Waals surface area contributed by atoms with E-state index in [2.05, 4.69) is 25.2 Å². The zero-order valence-corrected chi connectivity index (χ0v) is 17.4. The highest BCUT2D eigenvalue weighted by Gasteiger charge is 2.21. The van der Waals surface area contributed by atoms with Crippen molar-refractivity contribution in [2.24, 2.45) is 0 Å². The summed E-state index contributed by atoms with van der Waals surface area (Å²) in [6.07, 6.45) is -0.573. The molecule has 0 bridgehead atoms. The quantitative estimate of drug-likeness (QED) is 0.740. The summed E-state index contributed by atoms with van der Waals surface area (Å²) >= 11 is 0. The van der Waals surface area contributed by atoms with Crippen LogP contribution in [0.4, 0.5) is 0 Å². The second-order valence-electron chi connectivity index (χ2n) is 7.36. The zero-order valence-electron chi connectivity index (χ0n) is 17.4. The van der Waals surface area contributed by atoms with Crippen LogP contribution in [0.25, 0.3) is 0 Å². The molecule has 2 aromatic carbocycles. The monoisotopic (exact) mass is 369 g/mol. The Morgan fingerprint density at radius 3 is 2.19 bits per heavy atom. The number of amides is 1. The number of para-hydroxylation sites is 1. The maximum Gasteiger partial charge on any atom is 0.261 e. The molecule has 0 radical (unpaired) electrons. The van der Waals surface area contributed by atoms with E-state index < -0.39 is 6.10 Å². The fourth-order valence-electron chi connectivity index (χ4n) is 3.15. The molecule has 0 saturated carbocycles. The van der Waals surface area contributed by atoms with Crippen LogP contribution in [-0.2, 0) is 4.79 Å². The molecule has 0 aliphatic rings. The van der Waals surface area contributed by atoms with Crippen molar-refractivity contribution >= 4 is 5.91 Å². The number of nitrogens with one attached hydrogen (secondary N) is 1. The summed E-state index contributed by atoms with van der Waals surface area (Å²) < 4.78 is 11.4. The van der Waals surface area contributed by atoms with E-state index in [0.29, 0.717) is 5.92 Å². The first-order valence-electron chi connectivity index (χ1n) is 9.45. The molecule has 146 valence electrons. The summed E-state index contributed by atoms with van der Waals surface area (Å²) in [7, 11) is 1.69. The van der Waals surface area contributed by atoms with E-state index in [0.717, 1.165) is 33.8 Å². The highest BCUT2D eigenvalue weighted by atomic mass is 16.5.